The number of halogens is 1. The van der Waals surface area contributed by atoms with Crippen LogP contribution in [0.4, 0.5) is 4.39 Å². The molecule has 0 heterocycles. The molecule has 0 amide bonds. The van der Waals surface area contributed by atoms with Crippen LogP contribution >= 0.6 is 0 Å². The van der Waals surface area contributed by atoms with Gasteiger partial charge in [0, 0.05) is 0 Å². The van der Waals surface area contributed by atoms with Crippen molar-refractivity contribution in [3.8, 4) is 5.75 Å². The van der Waals surface area contributed by atoms with Gasteiger partial charge in [-0.3, -0.25) is 4.79 Å². The lowest BCUT2D eigenvalue weighted by Gasteiger charge is -2.11. The number of benzene rings is 1. The van der Waals surface area contributed by atoms with Gasteiger partial charge in [-0.05, 0) is 24.6 Å². The summed E-state index contributed by atoms with van der Waals surface area (Å²) in [5, 5.41) is 7.57. The predicted octanol–water partition coefficient (Wildman–Crippen LogP) is 1.61. The van der Waals surface area contributed by atoms with Crippen LogP contribution in [0.2, 0.25) is 0 Å². The monoisotopic (exact) mass is 290 g/mol. The third-order valence-corrected chi connectivity index (χ3v) is 4.79. The zero-order valence-electron chi connectivity index (χ0n) is 10.6. The van der Waals surface area contributed by atoms with E-state index in [1.165, 1.54) is 26.2 Å². The average molecular weight is 290 g/mol. The van der Waals surface area contributed by atoms with Gasteiger partial charge in [0.25, 0.3) is 0 Å². The zero-order valence-corrected chi connectivity index (χ0v) is 11.4. The molecule has 0 aliphatic carbocycles. The Kier molecular flexibility index (Phi) is 4.88. The Morgan fingerprint density at radius 1 is 1.47 bits per heavy atom. The molecule has 1 rings (SSSR count). The van der Waals surface area contributed by atoms with Crippen LogP contribution in [0, 0.1) is 5.82 Å². The lowest BCUT2D eigenvalue weighted by atomic mass is 10.2. The van der Waals surface area contributed by atoms with E-state index in [1.807, 2.05) is 0 Å². The number of hydrogen-bond acceptors (Lipinski definition) is 4. The Morgan fingerprint density at radius 3 is 2.58 bits per heavy atom. The molecule has 1 unspecified atom stereocenters. The van der Waals surface area contributed by atoms with E-state index in [4.69, 9.17) is 9.84 Å². The van der Waals surface area contributed by atoms with E-state index in [9.17, 15) is 17.6 Å². The Morgan fingerprint density at radius 2 is 2.11 bits per heavy atom. The van der Waals surface area contributed by atoms with Crippen molar-refractivity contribution >= 4 is 15.8 Å². The molecule has 1 atom stereocenters. The lowest BCUT2D eigenvalue weighted by Crippen LogP contribution is -2.22. The van der Waals surface area contributed by atoms with Crippen molar-refractivity contribution in [2.24, 2.45) is 0 Å². The van der Waals surface area contributed by atoms with Gasteiger partial charge < -0.3 is 9.84 Å². The maximum Gasteiger partial charge on any atom is 0.304 e. The second-order valence-corrected chi connectivity index (χ2v) is 6.60. The first-order valence-electron chi connectivity index (χ1n) is 5.52. The van der Waals surface area contributed by atoms with Crippen LogP contribution in [0.15, 0.2) is 18.2 Å². The summed E-state index contributed by atoms with van der Waals surface area (Å²) in [7, 11) is -2.32. The van der Waals surface area contributed by atoms with E-state index in [2.05, 4.69) is 0 Å². The van der Waals surface area contributed by atoms with Gasteiger partial charge in [0.2, 0.25) is 0 Å². The number of carbonyl (C=O) groups is 1. The van der Waals surface area contributed by atoms with E-state index < -0.39 is 39.0 Å². The first kappa shape index (κ1) is 15.4. The molecule has 0 aromatic heterocycles. The maximum absolute atomic E-state index is 13.4. The number of hydrogen-bond donors (Lipinski definition) is 1. The number of carboxylic acids is 1. The molecule has 1 aromatic rings. The van der Waals surface area contributed by atoms with Crippen molar-refractivity contribution in [3.05, 3.63) is 29.6 Å². The first-order valence-corrected chi connectivity index (χ1v) is 7.23. The molecule has 0 bridgehead atoms. The second kappa shape index (κ2) is 6.01. The number of aliphatic carboxylic acids is 1. The highest BCUT2D eigenvalue weighted by Gasteiger charge is 2.24. The number of methoxy groups -OCH3 is 1. The largest absolute Gasteiger partial charge is 0.494 e. The van der Waals surface area contributed by atoms with Gasteiger partial charge in [0.05, 0.1) is 24.5 Å². The van der Waals surface area contributed by atoms with Crippen LogP contribution in [0.5, 0.6) is 5.75 Å². The highest BCUT2D eigenvalue weighted by Crippen LogP contribution is 2.20. The molecular weight excluding hydrogens is 275 g/mol. The Balaban J connectivity index is 2.89. The van der Waals surface area contributed by atoms with Gasteiger partial charge in [-0.1, -0.05) is 6.07 Å². The molecule has 0 radical (unpaired) electrons. The van der Waals surface area contributed by atoms with Crippen LogP contribution in [0.1, 0.15) is 18.9 Å². The summed E-state index contributed by atoms with van der Waals surface area (Å²) in [5.74, 6) is -2.21. The summed E-state index contributed by atoms with van der Waals surface area (Å²) in [6.07, 6.45) is -0.471. The normalized spacial score (nSPS) is 13.0. The third kappa shape index (κ3) is 4.20. The van der Waals surface area contributed by atoms with Crippen molar-refractivity contribution in [1.82, 2.24) is 0 Å². The van der Waals surface area contributed by atoms with Crippen LogP contribution in [-0.4, -0.2) is 31.9 Å². The molecule has 1 aromatic carbocycles. The van der Waals surface area contributed by atoms with Gasteiger partial charge in [0.15, 0.2) is 21.4 Å². The lowest BCUT2D eigenvalue weighted by molar-refractivity contribution is -0.136. The minimum atomic E-state index is -3.63. The second-order valence-electron chi connectivity index (χ2n) is 4.18. The minimum absolute atomic E-state index is 0.0275. The summed E-state index contributed by atoms with van der Waals surface area (Å²) >= 11 is 0. The van der Waals surface area contributed by atoms with Crippen LogP contribution in [0.3, 0.4) is 0 Å². The fourth-order valence-electron chi connectivity index (χ4n) is 1.55. The first-order chi connectivity index (χ1) is 8.76. The Bertz CT molecular complexity index is 567. The van der Waals surface area contributed by atoms with Gasteiger partial charge in [-0.15, -0.1) is 0 Å². The SMILES string of the molecule is COc1ccc(CS(=O)(=O)C(C)CC(=O)O)cc1F. The van der Waals surface area contributed by atoms with Gasteiger partial charge in [-0.25, -0.2) is 12.8 Å². The van der Waals surface area contributed by atoms with E-state index in [-0.39, 0.29) is 11.3 Å². The molecule has 0 saturated carbocycles. The van der Waals surface area contributed by atoms with Gasteiger partial charge in [-0.2, -0.15) is 0 Å². The van der Waals surface area contributed by atoms with Crippen molar-refractivity contribution in [3.63, 3.8) is 0 Å². The molecule has 5 nitrogen and oxygen atoms in total. The Labute approximate surface area is 110 Å². The fourth-order valence-corrected chi connectivity index (χ4v) is 2.87. The number of sulfone groups is 1. The molecule has 19 heavy (non-hydrogen) atoms. The van der Waals surface area contributed by atoms with E-state index in [0.29, 0.717) is 0 Å². The molecule has 0 aliphatic heterocycles. The van der Waals surface area contributed by atoms with Crippen molar-refractivity contribution in [1.29, 1.82) is 0 Å². The summed E-state index contributed by atoms with van der Waals surface area (Å²) in [6, 6.07) is 3.85. The number of carboxylic acid groups (broad SMARTS) is 1. The van der Waals surface area contributed by atoms with Crippen molar-refractivity contribution in [2.45, 2.75) is 24.3 Å². The standard InChI is InChI=1S/C12H15FO5S/c1-8(5-12(14)15)19(16,17)7-9-3-4-11(18-2)10(13)6-9/h3-4,6,8H,5,7H2,1-2H3,(H,14,15). The molecule has 7 heteroatoms. The van der Waals surface area contributed by atoms with Gasteiger partial charge in [0.1, 0.15) is 0 Å². The van der Waals surface area contributed by atoms with Crippen molar-refractivity contribution < 1.29 is 27.4 Å². The van der Waals surface area contributed by atoms with Crippen LogP contribution in [-0.2, 0) is 20.4 Å². The topological polar surface area (TPSA) is 80.7 Å². The fraction of sp³-hybridized carbons (Fsp3) is 0.417. The summed E-state index contributed by atoms with van der Waals surface area (Å²) in [6.45, 7) is 1.32. The van der Waals surface area contributed by atoms with Gasteiger partial charge >= 0.3 is 5.97 Å². The predicted molar refractivity (Wildman–Crippen MR) is 67.3 cm³/mol. The van der Waals surface area contributed by atoms with E-state index in [0.717, 1.165) is 6.07 Å². The molecule has 0 saturated heterocycles. The number of ether oxygens (including phenoxy) is 1. The summed E-state index contributed by atoms with van der Waals surface area (Å²) < 4.78 is 41.9. The highest BCUT2D eigenvalue weighted by molar-refractivity contribution is 7.91. The number of rotatable bonds is 6. The molecule has 0 aliphatic rings. The van der Waals surface area contributed by atoms with E-state index >= 15 is 0 Å². The Hall–Kier alpha value is -1.63. The van der Waals surface area contributed by atoms with E-state index in [1.54, 1.807) is 0 Å². The quantitative estimate of drug-likeness (QED) is 0.861. The molecule has 1 N–H and O–H groups in total. The van der Waals surface area contributed by atoms with Crippen LogP contribution in [0.25, 0.3) is 0 Å². The molecule has 0 fully saturated rings. The highest BCUT2D eigenvalue weighted by atomic mass is 32.2. The molecular formula is C12H15FO5S. The maximum atomic E-state index is 13.4. The summed E-state index contributed by atoms with van der Waals surface area (Å²) in [4.78, 5) is 10.5. The van der Waals surface area contributed by atoms with Crippen LogP contribution < -0.4 is 4.74 Å². The molecule has 0 spiro atoms. The molecule has 106 valence electrons. The van der Waals surface area contributed by atoms with Crippen molar-refractivity contribution in [2.75, 3.05) is 7.11 Å². The zero-order chi connectivity index (χ0) is 14.6. The summed E-state index contributed by atoms with van der Waals surface area (Å²) in [5.41, 5.74) is 0.260. The average Bonchev–Trinajstić information content (AvgIpc) is 2.27. The third-order valence-electron chi connectivity index (χ3n) is 2.66. The minimum Gasteiger partial charge on any atom is -0.494 e. The smallest absolute Gasteiger partial charge is 0.304 e.